The summed E-state index contributed by atoms with van der Waals surface area (Å²) in [5.74, 6) is 0.626. The number of amides is 1. The van der Waals surface area contributed by atoms with Crippen LogP contribution in [-0.4, -0.2) is 28.7 Å². The molecule has 0 saturated heterocycles. The molecule has 1 rings (SSSR count). The van der Waals surface area contributed by atoms with Crippen molar-refractivity contribution in [3.8, 4) is 0 Å². The van der Waals surface area contributed by atoms with Crippen molar-refractivity contribution in [2.24, 2.45) is 0 Å². The summed E-state index contributed by atoms with van der Waals surface area (Å²) in [4.78, 5) is 11.4. The molecule has 78 valence electrons. The van der Waals surface area contributed by atoms with Gasteiger partial charge in [0.2, 0.25) is 5.91 Å². The summed E-state index contributed by atoms with van der Waals surface area (Å²) in [5.41, 5.74) is 0. The Balaban J connectivity index is 2.29. The first-order chi connectivity index (χ1) is 6.72. The number of nitrogens with zero attached hydrogens (tertiary/aromatic N) is 1. The lowest BCUT2D eigenvalue weighted by molar-refractivity contribution is -0.116. The van der Waals surface area contributed by atoms with Crippen LogP contribution in [0.3, 0.4) is 0 Å². The van der Waals surface area contributed by atoms with Crippen LogP contribution in [0.4, 0.5) is 5.82 Å². The quantitative estimate of drug-likeness (QED) is 0.650. The van der Waals surface area contributed by atoms with Crippen LogP contribution in [0, 0.1) is 0 Å². The van der Waals surface area contributed by atoms with E-state index in [2.05, 4.69) is 20.8 Å². The lowest BCUT2D eigenvalue weighted by Crippen LogP contribution is -2.30. The molecule has 0 aromatic carbocycles. The van der Waals surface area contributed by atoms with Crippen molar-refractivity contribution in [2.45, 2.75) is 26.3 Å². The van der Waals surface area contributed by atoms with Gasteiger partial charge in [0.15, 0.2) is 0 Å². The maximum Gasteiger partial charge on any atom is 0.227 e. The van der Waals surface area contributed by atoms with Gasteiger partial charge >= 0.3 is 0 Å². The fourth-order valence-electron chi connectivity index (χ4n) is 1.23. The highest BCUT2D eigenvalue weighted by atomic mass is 16.1. The Labute approximate surface area is 83.3 Å². The van der Waals surface area contributed by atoms with Crippen molar-refractivity contribution < 1.29 is 4.79 Å². The van der Waals surface area contributed by atoms with Crippen molar-refractivity contribution in [1.29, 1.82) is 0 Å². The van der Waals surface area contributed by atoms with Crippen molar-refractivity contribution in [1.82, 2.24) is 15.5 Å². The number of nitrogens with one attached hydrogen (secondary N) is 3. The van der Waals surface area contributed by atoms with Crippen LogP contribution in [-0.2, 0) is 4.79 Å². The summed E-state index contributed by atoms with van der Waals surface area (Å²) in [6, 6.07) is 1.92. The highest BCUT2D eigenvalue weighted by Crippen LogP contribution is 2.00. The Bertz CT molecular complexity index is 270. The average molecular weight is 196 g/mol. The number of hydrogen-bond donors (Lipinski definition) is 3. The maximum absolute atomic E-state index is 11.4. The lowest BCUT2D eigenvalue weighted by atomic mass is 10.2. The number of anilines is 1. The second-order valence-corrected chi connectivity index (χ2v) is 3.18. The van der Waals surface area contributed by atoms with Crippen molar-refractivity contribution in [3.63, 3.8) is 0 Å². The van der Waals surface area contributed by atoms with Gasteiger partial charge in [0.05, 0.1) is 6.20 Å². The number of aromatic amines is 1. The number of rotatable bonds is 5. The molecule has 0 bridgehead atoms. The second-order valence-electron chi connectivity index (χ2n) is 3.18. The fourth-order valence-corrected chi connectivity index (χ4v) is 1.23. The van der Waals surface area contributed by atoms with E-state index in [1.165, 1.54) is 0 Å². The van der Waals surface area contributed by atoms with E-state index < -0.39 is 0 Å². The summed E-state index contributed by atoms with van der Waals surface area (Å²) in [5, 5.41) is 12.3. The Kier molecular flexibility index (Phi) is 4.12. The van der Waals surface area contributed by atoms with E-state index in [0.29, 0.717) is 12.2 Å². The third-order valence-electron chi connectivity index (χ3n) is 1.82. The van der Waals surface area contributed by atoms with E-state index in [9.17, 15) is 4.79 Å². The minimum Gasteiger partial charge on any atom is -0.314 e. The first kappa shape index (κ1) is 10.7. The number of H-pyrrole nitrogens is 1. The van der Waals surface area contributed by atoms with E-state index in [0.717, 1.165) is 6.54 Å². The molecule has 14 heavy (non-hydrogen) atoms. The summed E-state index contributed by atoms with van der Waals surface area (Å²) in [7, 11) is 0. The van der Waals surface area contributed by atoms with Crippen molar-refractivity contribution in [3.05, 3.63) is 12.3 Å². The molecular formula is C9H16N4O. The molecule has 1 aromatic rings. The van der Waals surface area contributed by atoms with Crippen LogP contribution in [0.1, 0.15) is 20.3 Å². The first-order valence-electron chi connectivity index (χ1n) is 4.75. The molecule has 5 heteroatoms. The van der Waals surface area contributed by atoms with Crippen LogP contribution >= 0.6 is 0 Å². The van der Waals surface area contributed by atoms with E-state index in [-0.39, 0.29) is 11.9 Å². The second kappa shape index (κ2) is 5.39. The number of aromatic nitrogens is 2. The third kappa shape index (κ3) is 3.57. The predicted molar refractivity (Wildman–Crippen MR) is 55.0 cm³/mol. The molecule has 0 saturated carbocycles. The molecule has 0 aliphatic carbocycles. The lowest BCUT2D eigenvalue weighted by Gasteiger charge is -2.10. The molecule has 0 aliphatic rings. The Morgan fingerprint density at radius 3 is 3.07 bits per heavy atom. The van der Waals surface area contributed by atoms with Gasteiger partial charge in [-0.05, 0) is 13.5 Å². The Hall–Kier alpha value is -1.36. The SMILES string of the molecule is CCNC(C)CC(=O)Nc1ccn[nH]1. The first-order valence-corrected chi connectivity index (χ1v) is 4.75. The third-order valence-corrected chi connectivity index (χ3v) is 1.82. The van der Waals surface area contributed by atoms with E-state index in [1.807, 2.05) is 13.8 Å². The minimum atomic E-state index is -0.0114. The standard InChI is InChI=1S/C9H16N4O/c1-3-10-7(2)6-9(14)12-8-4-5-11-13-8/h4-5,7,10H,3,6H2,1-2H3,(H2,11,12,13,14). The van der Waals surface area contributed by atoms with Crippen LogP contribution in [0.2, 0.25) is 0 Å². The minimum absolute atomic E-state index is 0.0114. The monoisotopic (exact) mass is 196 g/mol. The Morgan fingerprint density at radius 2 is 2.50 bits per heavy atom. The smallest absolute Gasteiger partial charge is 0.227 e. The van der Waals surface area contributed by atoms with E-state index in [4.69, 9.17) is 0 Å². The van der Waals surface area contributed by atoms with Crippen LogP contribution in [0.25, 0.3) is 0 Å². The molecule has 0 spiro atoms. The molecule has 3 N–H and O–H groups in total. The number of hydrogen-bond acceptors (Lipinski definition) is 3. The van der Waals surface area contributed by atoms with Gasteiger partial charge in [-0.15, -0.1) is 0 Å². The molecule has 5 nitrogen and oxygen atoms in total. The number of carbonyl (C=O) groups excluding carboxylic acids is 1. The molecular weight excluding hydrogens is 180 g/mol. The van der Waals surface area contributed by atoms with Crippen LogP contribution in [0.5, 0.6) is 0 Å². The zero-order valence-corrected chi connectivity index (χ0v) is 8.50. The largest absolute Gasteiger partial charge is 0.314 e. The fraction of sp³-hybridized carbons (Fsp3) is 0.556. The van der Waals surface area contributed by atoms with Gasteiger partial charge in [-0.25, -0.2) is 0 Å². The highest BCUT2D eigenvalue weighted by Gasteiger charge is 2.07. The molecule has 1 amide bonds. The summed E-state index contributed by atoms with van der Waals surface area (Å²) < 4.78 is 0. The maximum atomic E-state index is 11.4. The van der Waals surface area contributed by atoms with Gasteiger partial charge < -0.3 is 10.6 Å². The topological polar surface area (TPSA) is 69.8 Å². The van der Waals surface area contributed by atoms with Gasteiger partial charge in [0.25, 0.3) is 0 Å². The summed E-state index contributed by atoms with van der Waals surface area (Å²) in [6.45, 7) is 4.87. The van der Waals surface area contributed by atoms with Gasteiger partial charge in [-0.1, -0.05) is 6.92 Å². The van der Waals surface area contributed by atoms with Crippen LogP contribution in [0.15, 0.2) is 12.3 Å². The molecule has 1 atom stereocenters. The molecule has 1 aromatic heterocycles. The van der Waals surface area contributed by atoms with Gasteiger partial charge in [0.1, 0.15) is 5.82 Å². The van der Waals surface area contributed by atoms with E-state index in [1.54, 1.807) is 12.3 Å². The summed E-state index contributed by atoms with van der Waals surface area (Å²) in [6.07, 6.45) is 2.07. The van der Waals surface area contributed by atoms with E-state index >= 15 is 0 Å². The predicted octanol–water partition coefficient (Wildman–Crippen LogP) is 0.736. The number of carbonyl (C=O) groups is 1. The molecule has 1 unspecified atom stereocenters. The van der Waals surface area contributed by atoms with Crippen molar-refractivity contribution in [2.75, 3.05) is 11.9 Å². The average Bonchev–Trinajstić information content (AvgIpc) is 2.56. The highest BCUT2D eigenvalue weighted by molar-refractivity contribution is 5.89. The van der Waals surface area contributed by atoms with Crippen molar-refractivity contribution >= 4 is 11.7 Å². The van der Waals surface area contributed by atoms with Gasteiger partial charge in [-0.3, -0.25) is 9.89 Å². The zero-order valence-electron chi connectivity index (χ0n) is 8.50. The Morgan fingerprint density at radius 1 is 1.71 bits per heavy atom. The van der Waals surface area contributed by atoms with Gasteiger partial charge in [-0.2, -0.15) is 5.10 Å². The summed E-state index contributed by atoms with van der Waals surface area (Å²) >= 11 is 0. The molecule has 0 fully saturated rings. The molecule has 0 aliphatic heterocycles. The zero-order chi connectivity index (χ0) is 10.4. The normalized spacial score (nSPS) is 12.4. The van der Waals surface area contributed by atoms with Gasteiger partial charge in [0, 0.05) is 18.5 Å². The van der Waals surface area contributed by atoms with Crippen LogP contribution < -0.4 is 10.6 Å². The molecule has 1 heterocycles. The molecule has 0 radical (unpaired) electrons.